The number of hydrogen-bond donors (Lipinski definition) is 1. The lowest BCUT2D eigenvalue weighted by molar-refractivity contribution is 0.138. The van der Waals surface area contributed by atoms with Crippen molar-refractivity contribution in [2.24, 2.45) is 11.7 Å². The Morgan fingerprint density at radius 1 is 1.20 bits per heavy atom. The van der Waals surface area contributed by atoms with E-state index in [4.69, 9.17) is 10.5 Å². The van der Waals surface area contributed by atoms with Gasteiger partial charge in [0.2, 0.25) is 0 Å². The molecule has 0 saturated carbocycles. The molecule has 0 fully saturated rings. The van der Waals surface area contributed by atoms with E-state index in [1.807, 2.05) is 0 Å². The minimum atomic E-state index is 0.272. The maximum absolute atomic E-state index is 6.07. The van der Waals surface area contributed by atoms with Gasteiger partial charge in [-0.05, 0) is 30.9 Å². The molecule has 1 aromatic carbocycles. The fourth-order valence-corrected chi connectivity index (χ4v) is 2.64. The molecule has 0 saturated heterocycles. The lowest BCUT2D eigenvalue weighted by atomic mass is 10.00. The van der Waals surface area contributed by atoms with Crippen LogP contribution in [0.1, 0.15) is 44.9 Å². The molecule has 0 spiro atoms. The average Bonchev–Trinajstić information content (AvgIpc) is 2.39. The molecule has 1 rings (SSSR count). The van der Waals surface area contributed by atoms with Gasteiger partial charge in [-0.3, -0.25) is 4.90 Å². The minimum Gasteiger partial charge on any atom is -0.380 e. The molecule has 0 aromatic heterocycles. The molecule has 114 valence electrons. The fourth-order valence-electron chi connectivity index (χ4n) is 2.64. The predicted octanol–water partition coefficient (Wildman–Crippen LogP) is 3.20. The highest BCUT2D eigenvalue weighted by molar-refractivity contribution is 5.26. The van der Waals surface area contributed by atoms with Crippen LogP contribution in [-0.2, 0) is 11.3 Å². The Labute approximate surface area is 124 Å². The van der Waals surface area contributed by atoms with Crippen LogP contribution < -0.4 is 5.73 Å². The molecule has 0 amide bonds. The molecule has 0 radical (unpaired) electrons. The van der Waals surface area contributed by atoms with Gasteiger partial charge < -0.3 is 10.5 Å². The zero-order chi connectivity index (χ0) is 15.1. The standard InChI is InChI=1S/C17H30N2O/c1-13(2)11-19(14(3)4)17(10-18)16-8-6-7-15(9-16)12-20-5/h6-9,13-14,17H,10-12,18H2,1-5H3. The Hall–Kier alpha value is -0.900. The van der Waals surface area contributed by atoms with Crippen LogP contribution in [0.5, 0.6) is 0 Å². The van der Waals surface area contributed by atoms with Crippen molar-refractivity contribution < 1.29 is 4.74 Å². The second-order valence-corrected chi connectivity index (χ2v) is 6.11. The summed E-state index contributed by atoms with van der Waals surface area (Å²) in [5, 5.41) is 0. The zero-order valence-corrected chi connectivity index (χ0v) is 13.6. The fraction of sp³-hybridized carbons (Fsp3) is 0.647. The highest BCUT2D eigenvalue weighted by atomic mass is 16.5. The molecule has 20 heavy (non-hydrogen) atoms. The number of benzene rings is 1. The van der Waals surface area contributed by atoms with Gasteiger partial charge >= 0.3 is 0 Å². The highest BCUT2D eigenvalue weighted by Gasteiger charge is 2.22. The quantitative estimate of drug-likeness (QED) is 0.793. The van der Waals surface area contributed by atoms with Gasteiger partial charge in [-0.25, -0.2) is 0 Å². The third kappa shape index (κ3) is 4.89. The molecule has 0 aliphatic carbocycles. The normalized spacial score (nSPS) is 13.4. The second-order valence-electron chi connectivity index (χ2n) is 6.11. The number of nitrogens with two attached hydrogens (primary N) is 1. The molecule has 0 aliphatic heterocycles. The zero-order valence-electron chi connectivity index (χ0n) is 13.6. The van der Waals surface area contributed by atoms with E-state index in [0.29, 0.717) is 25.1 Å². The summed E-state index contributed by atoms with van der Waals surface area (Å²) in [7, 11) is 1.73. The maximum atomic E-state index is 6.07. The van der Waals surface area contributed by atoms with Gasteiger partial charge in [0.05, 0.1) is 6.61 Å². The summed E-state index contributed by atoms with van der Waals surface area (Å²) in [6, 6.07) is 9.35. The van der Waals surface area contributed by atoms with Crippen molar-refractivity contribution in [2.75, 3.05) is 20.2 Å². The molecule has 1 unspecified atom stereocenters. The van der Waals surface area contributed by atoms with Crippen molar-refractivity contribution in [3.8, 4) is 0 Å². The maximum Gasteiger partial charge on any atom is 0.0713 e. The average molecular weight is 278 g/mol. The first-order valence-corrected chi connectivity index (χ1v) is 7.53. The van der Waals surface area contributed by atoms with Gasteiger partial charge in [0.1, 0.15) is 0 Å². The van der Waals surface area contributed by atoms with Crippen LogP contribution in [0.15, 0.2) is 24.3 Å². The van der Waals surface area contributed by atoms with Crippen LogP contribution in [0.3, 0.4) is 0 Å². The van der Waals surface area contributed by atoms with E-state index in [9.17, 15) is 0 Å². The number of ether oxygens (including phenoxy) is 1. The largest absolute Gasteiger partial charge is 0.380 e. The molecule has 2 N–H and O–H groups in total. The van der Waals surface area contributed by atoms with Crippen molar-refractivity contribution in [3.63, 3.8) is 0 Å². The summed E-state index contributed by atoms with van der Waals surface area (Å²) < 4.78 is 5.22. The molecule has 0 heterocycles. The van der Waals surface area contributed by atoms with Crippen LogP contribution in [0.2, 0.25) is 0 Å². The summed E-state index contributed by atoms with van der Waals surface area (Å²) in [5.74, 6) is 0.633. The van der Waals surface area contributed by atoms with E-state index >= 15 is 0 Å². The first-order valence-electron chi connectivity index (χ1n) is 7.53. The van der Waals surface area contributed by atoms with Crippen LogP contribution in [0, 0.1) is 5.92 Å². The molecule has 3 nitrogen and oxygen atoms in total. The molecule has 1 atom stereocenters. The summed E-state index contributed by atoms with van der Waals surface area (Å²) in [4.78, 5) is 2.50. The lowest BCUT2D eigenvalue weighted by Gasteiger charge is -2.36. The van der Waals surface area contributed by atoms with Crippen molar-refractivity contribution in [2.45, 2.75) is 46.4 Å². The SMILES string of the molecule is COCc1cccc(C(CN)N(CC(C)C)C(C)C)c1. The van der Waals surface area contributed by atoms with E-state index in [2.05, 4.69) is 56.9 Å². The number of hydrogen-bond acceptors (Lipinski definition) is 3. The summed E-state index contributed by atoms with van der Waals surface area (Å²) >= 11 is 0. The Kier molecular flexibility index (Phi) is 7.20. The van der Waals surface area contributed by atoms with E-state index in [1.165, 1.54) is 11.1 Å². The van der Waals surface area contributed by atoms with E-state index < -0.39 is 0 Å². The lowest BCUT2D eigenvalue weighted by Crippen LogP contribution is -2.40. The number of methoxy groups -OCH3 is 1. The van der Waals surface area contributed by atoms with E-state index in [-0.39, 0.29) is 6.04 Å². The van der Waals surface area contributed by atoms with Crippen LogP contribution in [0.25, 0.3) is 0 Å². The van der Waals surface area contributed by atoms with Crippen LogP contribution in [0.4, 0.5) is 0 Å². The van der Waals surface area contributed by atoms with Gasteiger partial charge in [0, 0.05) is 32.3 Å². The Bertz CT molecular complexity index is 390. The first-order chi connectivity index (χ1) is 9.49. The first kappa shape index (κ1) is 17.2. The second kappa shape index (κ2) is 8.40. The third-order valence-electron chi connectivity index (χ3n) is 3.51. The minimum absolute atomic E-state index is 0.272. The van der Waals surface area contributed by atoms with Gasteiger partial charge in [0.15, 0.2) is 0 Å². The Morgan fingerprint density at radius 2 is 1.90 bits per heavy atom. The molecular weight excluding hydrogens is 248 g/mol. The van der Waals surface area contributed by atoms with E-state index in [0.717, 1.165) is 6.54 Å². The van der Waals surface area contributed by atoms with Gasteiger partial charge in [-0.1, -0.05) is 38.1 Å². The van der Waals surface area contributed by atoms with Gasteiger partial charge in [-0.15, -0.1) is 0 Å². The van der Waals surface area contributed by atoms with Crippen LogP contribution in [-0.4, -0.2) is 31.1 Å². The predicted molar refractivity (Wildman–Crippen MR) is 85.6 cm³/mol. The molecule has 1 aromatic rings. The van der Waals surface area contributed by atoms with Crippen molar-refractivity contribution in [1.82, 2.24) is 4.90 Å². The van der Waals surface area contributed by atoms with Gasteiger partial charge in [0.25, 0.3) is 0 Å². The monoisotopic (exact) mass is 278 g/mol. The van der Waals surface area contributed by atoms with Crippen molar-refractivity contribution in [3.05, 3.63) is 35.4 Å². The Morgan fingerprint density at radius 3 is 2.40 bits per heavy atom. The van der Waals surface area contributed by atoms with Gasteiger partial charge in [-0.2, -0.15) is 0 Å². The number of nitrogens with zero attached hydrogens (tertiary/aromatic N) is 1. The van der Waals surface area contributed by atoms with Crippen LogP contribution >= 0.6 is 0 Å². The van der Waals surface area contributed by atoms with Crippen molar-refractivity contribution >= 4 is 0 Å². The summed E-state index contributed by atoms with van der Waals surface area (Å²) in [6.07, 6.45) is 0. The van der Waals surface area contributed by atoms with Crippen molar-refractivity contribution in [1.29, 1.82) is 0 Å². The highest BCUT2D eigenvalue weighted by Crippen LogP contribution is 2.24. The Balaban J connectivity index is 2.99. The number of rotatable bonds is 8. The third-order valence-corrected chi connectivity index (χ3v) is 3.51. The summed E-state index contributed by atoms with van der Waals surface area (Å²) in [5.41, 5.74) is 8.56. The topological polar surface area (TPSA) is 38.5 Å². The summed E-state index contributed by atoms with van der Waals surface area (Å²) in [6.45, 7) is 11.3. The molecule has 0 aliphatic rings. The molecular formula is C17H30N2O. The molecule has 0 bridgehead atoms. The molecule has 3 heteroatoms. The van der Waals surface area contributed by atoms with E-state index in [1.54, 1.807) is 7.11 Å². The smallest absolute Gasteiger partial charge is 0.0713 e.